The summed E-state index contributed by atoms with van der Waals surface area (Å²) < 4.78 is 5.73. The van der Waals surface area contributed by atoms with Crippen molar-refractivity contribution in [2.24, 2.45) is 17.1 Å². The number of nitrogens with two attached hydrogens (primary N) is 1. The minimum Gasteiger partial charge on any atom is -0.376 e. The van der Waals surface area contributed by atoms with Gasteiger partial charge in [0.25, 0.3) is 0 Å². The Labute approximate surface area is 145 Å². The van der Waals surface area contributed by atoms with Crippen molar-refractivity contribution in [1.29, 1.82) is 0 Å². The zero-order valence-electron chi connectivity index (χ0n) is 14.6. The monoisotopic (exact) mass is 330 g/mol. The molecule has 24 heavy (non-hydrogen) atoms. The maximum absolute atomic E-state index is 12.5. The Balaban J connectivity index is 1.51. The van der Waals surface area contributed by atoms with E-state index in [2.05, 4.69) is 5.32 Å². The van der Waals surface area contributed by atoms with E-state index in [0.717, 1.165) is 36.6 Å². The van der Waals surface area contributed by atoms with Crippen molar-refractivity contribution < 1.29 is 9.53 Å². The van der Waals surface area contributed by atoms with Crippen LogP contribution in [0.5, 0.6) is 0 Å². The summed E-state index contributed by atoms with van der Waals surface area (Å²) in [5, 5.41) is 3.05. The van der Waals surface area contributed by atoms with Gasteiger partial charge in [-0.3, -0.25) is 4.79 Å². The molecule has 4 heteroatoms. The van der Waals surface area contributed by atoms with Crippen molar-refractivity contribution >= 4 is 11.6 Å². The van der Waals surface area contributed by atoms with E-state index in [0.29, 0.717) is 19.6 Å². The molecule has 2 aliphatic rings. The van der Waals surface area contributed by atoms with Crippen molar-refractivity contribution in [3.63, 3.8) is 0 Å². The van der Waals surface area contributed by atoms with E-state index in [1.165, 1.54) is 32.1 Å². The zero-order valence-corrected chi connectivity index (χ0v) is 14.6. The third-order valence-electron chi connectivity index (χ3n) is 5.41. The van der Waals surface area contributed by atoms with Gasteiger partial charge in [-0.05, 0) is 61.3 Å². The number of carbonyl (C=O) groups excluding carboxylic acids is 1. The normalized spacial score (nSPS) is 19.9. The second-order valence-electron chi connectivity index (χ2n) is 7.65. The van der Waals surface area contributed by atoms with Crippen LogP contribution in [-0.2, 0) is 16.1 Å². The van der Waals surface area contributed by atoms with E-state index in [4.69, 9.17) is 10.5 Å². The minimum atomic E-state index is 0.00726. The van der Waals surface area contributed by atoms with Crippen LogP contribution in [0.1, 0.15) is 56.9 Å². The van der Waals surface area contributed by atoms with E-state index in [9.17, 15) is 4.79 Å². The highest BCUT2D eigenvalue weighted by atomic mass is 16.5. The van der Waals surface area contributed by atoms with Gasteiger partial charge in [-0.1, -0.05) is 31.4 Å². The van der Waals surface area contributed by atoms with Crippen LogP contribution >= 0.6 is 0 Å². The number of amides is 1. The lowest BCUT2D eigenvalue weighted by Crippen LogP contribution is -2.36. The molecule has 3 rings (SSSR count). The maximum Gasteiger partial charge on any atom is 0.224 e. The summed E-state index contributed by atoms with van der Waals surface area (Å²) in [6, 6.07) is 7.98. The molecule has 0 atom stereocenters. The highest BCUT2D eigenvalue weighted by Crippen LogP contribution is 2.38. The fourth-order valence-electron chi connectivity index (χ4n) is 3.67. The van der Waals surface area contributed by atoms with Crippen LogP contribution in [0, 0.1) is 11.3 Å². The van der Waals surface area contributed by atoms with Crippen molar-refractivity contribution in [2.45, 2.75) is 58.0 Å². The van der Waals surface area contributed by atoms with Gasteiger partial charge in [0.05, 0.1) is 6.61 Å². The average Bonchev–Trinajstić information content (AvgIpc) is 3.40. The second kappa shape index (κ2) is 8.13. The van der Waals surface area contributed by atoms with Crippen molar-refractivity contribution in [1.82, 2.24) is 0 Å². The summed E-state index contributed by atoms with van der Waals surface area (Å²) in [5.41, 5.74) is 7.97. The largest absolute Gasteiger partial charge is 0.376 e. The third kappa shape index (κ3) is 5.05. The number of hydrogen-bond acceptors (Lipinski definition) is 3. The first kappa shape index (κ1) is 17.4. The molecule has 1 amide bonds. The smallest absolute Gasteiger partial charge is 0.224 e. The van der Waals surface area contributed by atoms with Crippen LogP contribution in [0.4, 0.5) is 5.69 Å². The molecule has 2 aliphatic carbocycles. The Morgan fingerprint density at radius 2 is 2.04 bits per heavy atom. The average molecular weight is 330 g/mol. The van der Waals surface area contributed by atoms with Gasteiger partial charge in [-0.25, -0.2) is 0 Å². The topological polar surface area (TPSA) is 64.4 Å². The number of carbonyl (C=O) groups is 1. The molecular weight excluding hydrogens is 300 g/mol. The molecule has 0 unspecified atom stereocenters. The van der Waals surface area contributed by atoms with Gasteiger partial charge >= 0.3 is 0 Å². The van der Waals surface area contributed by atoms with Crippen LogP contribution in [0.3, 0.4) is 0 Å². The molecule has 1 aromatic carbocycles. The van der Waals surface area contributed by atoms with E-state index >= 15 is 0 Å². The standard InChI is InChI=1S/C20H30N2O2/c21-15-20(9-2-1-3-10-20)12-19(23)22-18-6-4-5-17(11-18)14-24-13-16-7-8-16/h4-6,11,16H,1-3,7-10,12-15,21H2,(H,22,23). The molecule has 0 aromatic heterocycles. The molecule has 3 N–H and O–H groups in total. The third-order valence-corrected chi connectivity index (χ3v) is 5.41. The first-order chi connectivity index (χ1) is 11.7. The number of anilines is 1. The number of benzene rings is 1. The lowest BCUT2D eigenvalue weighted by molar-refractivity contribution is -0.118. The summed E-state index contributed by atoms with van der Waals surface area (Å²) in [5.74, 6) is 0.856. The molecular formula is C20H30N2O2. The molecule has 1 aromatic rings. The molecule has 2 saturated carbocycles. The first-order valence-corrected chi connectivity index (χ1v) is 9.36. The lowest BCUT2D eigenvalue weighted by atomic mass is 9.71. The van der Waals surface area contributed by atoms with Crippen molar-refractivity contribution in [2.75, 3.05) is 18.5 Å². The van der Waals surface area contributed by atoms with Gasteiger partial charge in [0, 0.05) is 18.7 Å². The van der Waals surface area contributed by atoms with Crippen molar-refractivity contribution in [3.8, 4) is 0 Å². The Morgan fingerprint density at radius 3 is 2.75 bits per heavy atom. The van der Waals surface area contributed by atoms with Crippen LogP contribution in [0.25, 0.3) is 0 Å². The van der Waals surface area contributed by atoms with Gasteiger partial charge < -0.3 is 15.8 Å². The Kier molecular flexibility index (Phi) is 5.90. The van der Waals surface area contributed by atoms with Crippen LogP contribution in [-0.4, -0.2) is 19.1 Å². The van der Waals surface area contributed by atoms with Crippen molar-refractivity contribution in [3.05, 3.63) is 29.8 Å². The molecule has 0 bridgehead atoms. The summed E-state index contributed by atoms with van der Waals surface area (Å²) in [6.07, 6.45) is 8.95. The van der Waals surface area contributed by atoms with Crippen LogP contribution < -0.4 is 11.1 Å². The fraction of sp³-hybridized carbons (Fsp3) is 0.650. The highest BCUT2D eigenvalue weighted by Gasteiger charge is 2.32. The number of rotatable bonds is 8. The summed E-state index contributed by atoms with van der Waals surface area (Å²) in [4.78, 5) is 12.5. The Morgan fingerprint density at radius 1 is 1.25 bits per heavy atom. The second-order valence-corrected chi connectivity index (χ2v) is 7.65. The summed E-state index contributed by atoms with van der Waals surface area (Å²) >= 11 is 0. The highest BCUT2D eigenvalue weighted by molar-refractivity contribution is 5.91. The quantitative estimate of drug-likeness (QED) is 0.761. The van der Waals surface area contributed by atoms with Gasteiger partial charge in [-0.2, -0.15) is 0 Å². The number of hydrogen-bond donors (Lipinski definition) is 2. The number of ether oxygens (including phenoxy) is 1. The molecule has 0 spiro atoms. The SMILES string of the molecule is NCC1(CC(=O)Nc2cccc(COCC3CC3)c2)CCCCC1. The van der Waals surface area contributed by atoms with E-state index in [-0.39, 0.29) is 11.3 Å². The predicted molar refractivity (Wildman–Crippen MR) is 96.6 cm³/mol. The molecule has 2 fully saturated rings. The Hall–Kier alpha value is -1.39. The molecule has 0 heterocycles. The predicted octanol–water partition coefficient (Wildman–Crippen LogP) is 3.85. The minimum absolute atomic E-state index is 0.00726. The molecule has 4 nitrogen and oxygen atoms in total. The van der Waals surface area contributed by atoms with Gasteiger partial charge in [0.15, 0.2) is 0 Å². The Bertz CT molecular complexity index is 548. The molecule has 0 radical (unpaired) electrons. The molecule has 0 saturated heterocycles. The van der Waals surface area contributed by atoms with Crippen LogP contribution in [0.15, 0.2) is 24.3 Å². The molecule has 132 valence electrons. The van der Waals surface area contributed by atoms with E-state index < -0.39 is 0 Å². The first-order valence-electron chi connectivity index (χ1n) is 9.36. The van der Waals surface area contributed by atoms with E-state index in [1.54, 1.807) is 0 Å². The lowest BCUT2D eigenvalue weighted by Gasteiger charge is -2.35. The van der Waals surface area contributed by atoms with Gasteiger partial charge in [0.2, 0.25) is 5.91 Å². The maximum atomic E-state index is 12.5. The van der Waals surface area contributed by atoms with Crippen LogP contribution in [0.2, 0.25) is 0 Å². The van der Waals surface area contributed by atoms with Gasteiger partial charge in [-0.15, -0.1) is 0 Å². The van der Waals surface area contributed by atoms with Gasteiger partial charge in [0.1, 0.15) is 0 Å². The zero-order chi connectivity index (χ0) is 16.8. The summed E-state index contributed by atoms with van der Waals surface area (Å²) in [6.45, 7) is 2.08. The summed E-state index contributed by atoms with van der Waals surface area (Å²) in [7, 11) is 0. The van der Waals surface area contributed by atoms with E-state index in [1.807, 2.05) is 24.3 Å². The fourth-order valence-corrected chi connectivity index (χ4v) is 3.67. The molecule has 0 aliphatic heterocycles. The number of nitrogens with one attached hydrogen (secondary N) is 1.